The van der Waals surface area contributed by atoms with Crippen LogP contribution in [0.15, 0.2) is 76.5 Å². The standard InChI is InChI=1S/C24H24ClNO6S.Na.H/c1-32-23-10-9-20(14-21(23)24(28)29)33(30,31)19-7-5-16(6-8-19)11-12-26-15-22(27)17-3-2-4-18(25)13-17;;/h2-10,13-14,22,26-27H,11-12,15H2,1H3,(H,28,29);;/q;+1;-1/t22-;;/m1../s1. The molecule has 7 nitrogen and oxygen atoms in total. The molecule has 0 bridgehead atoms. The number of hydrogen-bond donors (Lipinski definition) is 3. The van der Waals surface area contributed by atoms with Crippen molar-refractivity contribution in [2.24, 2.45) is 0 Å². The Morgan fingerprint density at radius 3 is 2.38 bits per heavy atom. The van der Waals surface area contributed by atoms with E-state index in [9.17, 15) is 23.4 Å². The number of hydrogen-bond acceptors (Lipinski definition) is 6. The van der Waals surface area contributed by atoms with Gasteiger partial charge in [-0.3, -0.25) is 0 Å². The van der Waals surface area contributed by atoms with Crippen LogP contribution in [0.4, 0.5) is 0 Å². The van der Waals surface area contributed by atoms with Gasteiger partial charge in [-0.15, -0.1) is 0 Å². The number of sulfone groups is 1. The predicted octanol–water partition coefficient (Wildman–Crippen LogP) is 0.862. The average molecular weight is 514 g/mol. The molecule has 0 spiro atoms. The Balaban J connectivity index is 0.00000306. The van der Waals surface area contributed by atoms with E-state index >= 15 is 0 Å². The normalized spacial score (nSPS) is 12.0. The van der Waals surface area contributed by atoms with Crippen molar-refractivity contribution in [3.8, 4) is 5.75 Å². The zero-order chi connectivity index (χ0) is 24.0. The fraction of sp³-hybridized carbons (Fsp3) is 0.208. The number of aromatic carboxylic acids is 1. The maximum Gasteiger partial charge on any atom is 1.00 e. The maximum atomic E-state index is 12.9. The second kappa shape index (κ2) is 12.7. The van der Waals surface area contributed by atoms with E-state index in [1.165, 1.54) is 31.4 Å². The molecule has 0 aliphatic carbocycles. The first-order valence-corrected chi connectivity index (χ1v) is 12.0. The Hall–Kier alpha value is -1.91. The summed E-state index contributed by atoms with van der Waals surface area (Å²) in [6.07, 6.45) is -0.0507. The van der Waals surface area contributed by atoms with Gasteiger partial charge in [0.15, 0.2) is 0 Å². The molecule has 0 aliphatic heterocycles. The van der Waals surface area contributed by atoms with Crippen molar-refractivity contribution in [1.29, 1.82) is 0 Å². The number of ether oxygens (including phenoxy) is 1. The largest absolute Gasteiger partial charge is 1.00 e. The van der Waals surface area contributed by atoms with Gasteiger partial charge < -0.3 is 21.7 Å². The summed E-state index contributed by atoms with van der Waals surface area (Å²) >= 11 is 5.94. The van der Waals surface area contributed by atoms with E-state index in [1.54, 1.807) is 36.4 Å². The van der Waals surface area contributed by atoms with Crippen molar-refractivity contribution in [2.75, 3.05) is 20.2 Å². The molecule has 3 aromatic carbocycles. The van der Waals surface area contributed by atoms with Crippen LogP contribution in [0.5, 0.6) is 5.75 Å². The van der Waals surface area contributed by atoms with Crippen molar-refractivity contribution in [2.45, 2.75) is 22.3 Å². The van der Waals surface area contributed by atoms with Gasteiger partial charge in [-0.25, -0.2) is 13.2 Å². The second-order valence-electron chi connectivity index (χ2n) is 7.34. The summed E-state index contributed by atoms with van der Waals surface area (Å²) in [5.41, 5.74) is 1.43. The summed E-state index contributed by atoms with van der Waals surface area (Å²) < 4.78 is 30.8. The minimum absolute atomic E-state index is 0. The Morgan fingerprint density at radius 1 is 1.09 bits per heavy atom. The molecule has 0 fully saturated rings. The molecule has 1 atom stereocenters. The van der Waals surface area contributed by atoms with Gasteiger partial charge in [-0.1, -0.05) is 35.9 Å². The number of benzene rings is 3. The Kier molecular flexibility index (Phi) is 10.6. The van der Waals surface area contributed by atoms with Crippen LogP contribution in [-0.2, 0) is 16.3 Å². The van der Waals surface area contributed by atoms with E-state index in [1.807, 2.05) is 0 Å². The predicted molar refractivity (Wildman–Crippen MR) is 126 cm³/mol. The van der Waals surface area contributed by atoms with Crippen LogP contribution < -0.4 is 39.6 Å². The molecule has 3 N–H and O–H groups in total. The van der Waals surface area contributed by atoms with Gasteiger partial charge in [0.25, 0.3) is 0 Å². The van der Waals surface area contributed by atoms with E-state index in [-0.39, 0.29) is 52.1 Å². The summed E-state index contributed by atoms with van der Waals surface area (Å²) in [4.78, 5) is 11.3. The van der Waals surface area contributed by atoms with Gasteiger partial charge >= 0.3 is 35.5 Å². The van der Waals surface area contributed by atoms with Crippen molar-refractivity contribution in [3.63, 3.8) is 0 Å². The first-order valence-electron chi connectivity index (χ1n) is 10.1. The second-order valence-corrected chi connectivity index (χ2v) is 9.73. The van der Waals surface area contributed by atoms with E-state index in [0.717, 1.165) is 17.2 Å². The zero-order valence-corrected chi connectivity index (χ0v) is 22.4. The van der Waals surface area contributed by atoms with Crippen molar-refractivity contribution in [1.82, 2.24) is 5.32 Å². The average Bonchev–Trinajstić information content (AvgIpc) is 2.81. The molecular formula is C24H25ClNNaO6S. The quantitative estimate of drug-likeness (QED) is 0.272. The number of halogens is 1. The van der Waals surface area contributed by atoms with Gasteiger partial charge in [0, 0.05) is 11.6 Å². The number of carboxylic acid groups (broad SMARTS) is 1. The van der Waals surface area contributed by atoms with E-state index < -0.39 is 21.9 Å². The summed E-state index contributed by atoms with van der Waals surface area (Å²) in [5.74, 6) is -1.18. The van der Waals surface area contributed by atoms with Crippen molar-refractivity contribution >= 4 is 27.4 Å². The fourth-order valence-corrected chi connectivity index (χ4v) is 4.78. The molecule has 0 aromatic heterocycles. The van der Waals surface area contributed by atoms with Gasteiger partial charge in [-0.2, -0.15) is 0 Å². The smallest absolute Gasteiger partial charge is 1.00 e. The molecule has 3 aromatic rings. The Morgan fingerprint density at radius 2 is 1.76 bits per heavy atom. The number of rotatable bonds is 10. The minimum Gasteiger partial charge on any atom is -1.00 e. The van der Waals surface area contributed by atoms with Gasteiger partial charge in [0.05, 0.1) is 23.0 Å². The van der Waals surface area contributed by atoms with Crippen LogP contribution in [0.3, 0.4) is 0 Å². The number of aliphatic hydroxyl groups is 1. The molecule has 0 saturated carbocycles. The molecular weight excluding hydrogens is 489 g/mol. The summed E-state index contributed by atoms with van der Waals surface area (Å²) in [6, 6.07) is 17.2. The third-order valence-electron chi connectivity index (χ3n) is 5.11. The Labute approximate surface area is 227 Å². The molecule has 0 unspecified atom stereocenters. The molecule has 0 heterocycles. The summed E-state index contributed by atoms with van der Waals surface area (Å²) in [6.45, 7) is 0.945. The molecule has 176 valence electrons. The molecule has 0 radical (unpaired) electrons. The minimum atomic E-state index is -3.89. The number of aliphatic hydroxyl groups excluding tert-OH is 1. The number of nitrogens with one attached hydrogen (secondary N) is 1. The zero-order valence-electron chi connectivity index (χ0n) is 19.9. The van der Waals surface area contributed by atoms with Gasteiger partial charge in [-0.05, 0) is 66.6 Å². The van der Waals surface area contributed by atoms with Crippen molar-refractivity contribution < 1.29 is 59.1 Å². The molecule has 34 heavy (non-hydrogen) atoms. The van der Waals surface area contributed by atoms with Crippen LogP contribution in [0.1, 0.15) is 29.0 Å². The third kappa shape index (κ3) is 7.05. The number of carbonyl (C=O) groups is 1. The topological polar surface area (TPSA) is 113 Å². The van der Waals surface area contributed by atoms with Crippen LogP contribution in [-0.4, -0.2) is 44.8 Å². The molecule has 0 aliphatic rings. The van der Waals surface area contributed by atoms with Crippen molar-refractivity contribution in [3.05, 3.63) is 88.4 Å². The monoisotopic (exact) mass is 513 g/mol. The maximum absolute atomic E-state index is 12.9. The van der Waals surface area contributed by atoms with Crippen LogP contribution in [0.25, 0.3) is 0 Å². The van der Waals surface area contributed by atoms with Gasteiger partial charge in [0.1, 0.15) is 11.3 Å². The molecule has 10 heteroatoms. The van der Waals surface area contributed by atoms with E-state index in [2.05, 4.69) is 5.32 Å². The fourth-order valence-electron chi connectivity index (χ4n) is 3.30. The number of carboxylic acids is 1. The van der Waals surface area contributed by atoms with E-state index in [0.29, 0.717) is 24.5 Å². The number of methoxy groups -OCH3 is 1. The van der Waals surface area contributed by atoms with Crippen LogP contribution in [0.2, 0.25) is 5.02 Å². The van der Waals surface area contributed by atoms with Crippen LogP contribution in [0, 0.1) is 0 Å². The summed E-state index contributed by atoms with van der Waals surface area (Å²) in [5, 5.41) is 23.3. The van der Waals surface area contributed by atoms with Crippen LogP contribution >= 0.6 is 11.6 Å². The molecule has 0 amide bonds. The first-order chi connectivity index (χ1) is 15.7. The van der Waals surface area contributed by atoms with E-state index in [4.69, 9.17) is 16.3 Å². The molecule has 0 saturated heterocycles. The first kappa shape index (κ1) is 28.3. The SMILES string of the molecule is COc1ccc(S(=O)(=O)c2ccc(CCNC[C@@H](O)c3cccc(Cl)c3)cc2)cc1C(=O)O.[H-].[Na+]. The Bertz CT molecular complexity index is 1240. The van der Waals surface area contributed by atoms with Gasteiger partial charge in [0.2, 0.25) is 9.84 Å². The third-order valence-corrected chi connectivity index (χ3v) is 7.11. The molecule has 3 rings (SSSR count). The summed E-state index contributed by atoms with van der Waals surface area (Å²) in [7, 11) is -2.56.